The molecule has 0 saturated carbocycles. The predicted octanol–water partition coefficient (Wildman–Crippen LogP) is 4.63. The SMILES string of the molecule is CCOc1ccc(-n2c(SCC(=O)Nc3cc(C)ccc3C)nc3c(c2=O)SCC3)cc1. The van der Waals surface area contributed by atoms with Crippen molar-refractivity contribution in [2.75, 3.05) is 23.4 Å². The highest BCUT2D eigenvalue weighted by Gasteiger charge is 2.23. The molecule has 0 radical (unpaired) electrons. The number of hydrogen-bond acceptors (Lipinski definition) is 6. The summed E-state index contributed by atoms with van der Waals surface area (Å²) in [5.41, 5.74) is 4.34. The van der Waals surface area contributed by atoms with Gasteiger partial charge in [-0.15, -0.1) is 11.8 Å². The molecule has 2 heterocycles. The Balaban J connectivity index is 1.60. The Labute approximate surface area is 195 Å². The molecule has 0 spiro atoms. The number of aromatic nitrogens is 2. The van der Waals surface area contributed by atoms with Gasteiger partial charge in [0.1, 0.15) is 5.75 Å². The van der Waals surface area contributed by atoms with Gasteiger partial charge >= 0.3 is 0 Å². The number of nitrogens with one attached hydrogen (secondary N) is 1. The molecule has 1 N–H and O–H groups in total. The summed E-state index contributed by atoms with van der Waals surface area (Å²) >= 11 is 2.82. The number of amides is 1. The van der Waals surface area contributed by atoms with Gasteiger partial charge in [-0.1, -0.05) is 23.9 Å². The molecule has 0 atom stereocenters. The van der Waals surface area contributed by atoms with Crippen molar-refractivity contribution in [3.05, 3.63) is 69.6 Å². The van der Waals surface area contributed by atoms with Crippen molar-refractivity contribution in [3.8, 4) is 11.4 Å². The van der Waals surface area contributed by atoms with Gasteiger partial charge in [-0.3, -0.25) is 14.2 Å². The fourth-order valence-corrected chi connectivity index (χ4v) is 5.31. The van der Waals surface area contributed by atoms with Gasteiger partial charge in [0, 0.05) is 17.9 Å². The standard InChI is InChI=1S/C24H25N3O3S2/c1-4-30-18-9-7-17(8-10-18)27-23(29)22-19(11-12-31-22)26-24(27)32-14-21(28)25-20-13-15(2)5-6-16(20)3/h5-10,13H,4,11-12,14H2,1-3H3,(H,25,28). The average Bonchev–Trinajstić information content (AvgIpc) is 3.25. The van der Waals surface area contributed by atoms with Crippen molar-refractivity contribution in [2.45, 2.75) is 37.2 Å². The Hall–Kier alpha value is -2.71. The van der Waals surface area contributed by atoms with Crippen LogP contribution in [-0.4, -0.2) is 33.6 Å². The Morgan fingerprint density at radius 2 is 2.00 bits per heavy atom. The number of rotatable bonds is 7. The van der Waals surface area contributed by atoms with Crippen LogP contribution < -0.4 is 15.6 Å². The Morgan fingerprint density at radius 1 is 1.22 bits per heavy atom. The highest BCUT2D eigenvalue weighted by Crippen LogP contribution is 2.30. The van der Waals surface area contributed by atoms with Crippen LogP contribution in [-0.2, 0) is 11.2 Å². The zero-order chi connectivity index (χ0) is 22.7. The van der Waals surface area contributed by atoms with E-state index in [0.29, 0.717) is 22.3 Å². The van der Waals surface area contributed by atoms with E-state index in [-0.39, 0.29) is 17.2 Å². The van der Waals surface area contributed by atoms with Crippen LogP contribution in [0.4, 0.5) is 5.69 Å². The molecule has 2 aromatic carbocycles. The van der Waals surface area contributed by atoms with Crippen molar-refractivity contribution in [1.29, 1.82) is 0 Å². The number of fused-ring (bicyclic) bond motifs is 1. The minimum absolute atomic E-state index is 0.0842. The lowest BCUT2D eigenvalue weighted by Crippen LogP contribution is -2.24. The number of hydrogen-bond donors (Lipinski definition) is 1. The lowest BCUT2D eigenvalue weighted by Gasteiger charge is -2.14. The smallest absolute Gasteiger partial charge is 0.272 e. The Bertz CT molecular complexity index is 1210. The highest BCUT2D eigenvalue weighted by molar-refractivity contribution is 8.00. The predicted molar refractivity (Wildman–Crippen MR) is 131 cm³/mol. The van der Waals surface area contributed by atoms with Gasteiger partial charge in [-0.2, -0.15) is 0 Å². The molecule has 3 aromatic rings. The first-order valence-electron chi connectivity index (χ1n) is 10.5. The number of nitrogens with zero attached hydrogens (tertiary/aromatic N) is 2. The monoisotopic (exact) mass is 467 g/mol. The number of aryl methyl sites for hydroxylation is 3. The van der Waals surface area contributed by atoms with Gasteiger partial charge in [0.2, 0.25) is 5.91 Å². The maximum absolute atomic E-state index is 13.3. The molecule has 0 aliphatic carbocycles. The molecule has 0 bridgehead atoms. The van der Waals surface area contributed by atoms with E-state index in [4.69, 9.17) is 9.72 Å². The molecule has 0 saturated heterocycles. The number of carbonyl (C=O) groups excluding carboxylic acids is 1. The fraction of sp³-hybridized carbons (Fsp3) is 0.292. The van der Waals surface area contributed by atoms with E-state index >= 15 is 0 Å². The van der Waals surface area contributed by atoms with E-state index in [1.165, 1.54) is 11.8 Å². The van der Waals surface area contributed by atoms with Crippen LogP contribution in [0.3, 0.4) is 0 Å². The van der Waals surface area contributed by atoms with Gasteiger partial charge in [0.05, 0.1) is 28.6 Å². The molecule has 1 aliphatic heterocycles. The third-order valence-corrected chi connectivity index (χ3v) is 7.12. The number of ether oxygens (including phenoxy) is 1. The van der Waals surface area contributed by atoms with Crippen LogP contribution in [0.1, 0.15) is 23.7 Å². The summed E-state index contributed by atoms with van der Waals surface area (Å²) < 4.78 is 7.12. The maximum Gasteiger partial charge on any atom is 0.272 e. The highest BCUT2D eigenvalue weighted by atomic mass is 32.2. The summed E-state index contributed by atoms with van der Waals surface area (Å²) in [5.74, 6) is 1.62. The maximum atomic E-state index is 13.3. The van der Waals surface area contributed by atoms with Crippen LogP contribution in [0.25, 0.3) is 5.69 Å². The Morgan fingerprint density at radius 3 is 2.75 bits per heavy atom. The molecule has 166 valence electrons. The number of thioether (sulfide) groups is 2. The summed E-state index contributed by atoms with van der Waals surface area (Å²) in [6.07, 6.45) is 0.765. The van der Waals surface area contributed by atoms with Crippen molar-refractivity contribution in [2.24, 2.45) is 0 Å². The van der Waals surface area contributed by atoms with Gasteiger partial charge in [-0.25, -0.2) is 4.98 Å². The van der Waals surface area contributed by atoms with Crippen molar-refractivity contribution < 1.29 is 9.53 Å². The van der Waals surface area contributed by atoms with Crippen molar-refractivity contribution in [1.82, 2.24) is 9.55 Å². The van der Waals surface area contributed by atoms with Crippen LogP contribution in [0.15, 0.2) is 57.3 Å². The second kappa shape index (κ2) is 9.83. The molecule has 1 amide bonds. The van der Waals surface area contributed by atoms with Crippen molar-refractivity contribution in [3.63, 3.8) is 0 Å². The second-order valence-electron chi connectivity index (χ2n) is 7.49. The number of anilines is 1. The van der Waals surface area contributed by atoms with Crippen molar-refractivity contribution >= 4 is 35.1 Å². The van der Waals surface area contributed by atoms with E-state index in [1.54, 1.807) is 16.3 Å². The molecule has 0 fully saturated rings. The lowest BCUT2D eigenvalue weighted by molar-refractivity contribution is -0.113. The summed E-state index contributed by atoms with van der Waals surface area (Å²) in [7, 11) is 0. The quantitative estimate of drug-likeness (QED) is 0.404. The van der Waals surface area contributed by atoms with E-state index in [9.17, 15) is 9.59 Å². The zero-order valence-corrected chi connectivity index (χ0v) is 19.9. The third kappa shape index (κ3) is 4.86. The van der Waals surface area contributed by atoms with Gasteiger partial charge in [0.25, 0.3) is 5.56 Å². The number of benzene rings is 2. The first-order valence-corrected chi connectivity index (χ1v) is 12.4. The van der Waals surface area contributed by atoms with Crippen LogP contribution >= 0.6 is 23.5 Å². The van der Waals surface area contributed by atoms with Gasteiger partial charge in [0.15, 0.2) is 5.16 Å². The average molecular weight is 468 g/mol. The molecule has 6 nitrogen and oxygen atoms in total. The summed E-state index contributed by atoms with van der Waals surface area (Å²) in [6.45, 7) is 6.46. The van der Waals surface area contributed by atoms with E-state index in [2.05, 4.69) is 5.32 Å². The summed E-state index contributed by atoms with van der Waals surface area (Å²) in [4.78, 5) is 31.4. The zero-order valence-electron chi connectivity index (χ0n) is 18.3. The molecule has 0 unspecified atom stereocenters. The largest absolute Gasteiger partial charge is 0.494 e. The fourth-order valence-electron chi connectivity index (χ4n) is 3.46. The lowest BCUT2D eigenvalue weighted by atomic mass is 10.1. The van der Waals surface area contributed by atoms with Crippen LogP contribution in [0.2, 0.25) is 0 Å². The van der Waals surface area contributed by atoms with E-state index < -0.39 is 0 Å². The first kappa shape index (κ1) is 22.5. The van der Waals surface area contributed by atoms with E-state index in [1.807, 2.05) is 63.2 Å². The normalized spacial score (nSPS) is 12.5. The molecule has 1 aliphatic rings. The molecule has 32 heavy (non-hydrogen) atoms. The first-order chi connectivity index (χ1) is 15.5. The third-order valence-electron chi connectivity index (χ3n) is 5.07. The summed E-state index contributed by atoms with van der Waals surface area (Å²) in [5, 5.41) is 3.50. The van der Waals surface area contributed by atoms with Gasteiger partial charge < -0.3 is 10.1 Å². The van der Waals surface area contributed by atoms with Crippen LogP contribution in [0, 0.1) is 13.8 Å². The summed E-state index contributed by atoms with van der Waals surface area (Å²) in [6, 6.07) is 13.3. The minimum Gasteiger partial charge on any atom is -0.494 e. The molecule has 4 rings (SSSR count). The van der Waals surface area contributed by atoms with E-state index in [0.717, 1.165) is 40.4 Å². The molecule has 8 heteroatoms. The number of carbonyl (C=O) groups is 1. The second-order valence-corrected chi connectivity index (χ2v) is 9.54. The molecular weight excluding hydrogens is 442 g/mol. The molecule has 1 aromatic heterocycles. The Kier molecular flexibility index (Phi) is 6.91. The minimum atomic E-state index is -0.133. The molecular formula is C24H25N3O3S2. The van der Waals surface area contributed by atoms with Crippen LogP contribution in [0.5, 0.6) is 5.75 Å². The van der Waals surface area contributed by atoms with Gasteiger partial charge in [-0.05, 0) is 62.2 Å². The topological polar surface area (TPSA) is 73.2 Å².